The Morgan fingerprint density at radius 2 is 2.15 bits per heavy atom. The minimum absolute atomic E-state index is 0.0462. The molecule has 4 aliphatic rings. The van der Waals surface area contributed by atoms with Crippen LogP contribution in [0.15, 0.2) is 12.2 Å². The molecule has 2 bridgehead atoms. The average Bonchev–Trinajstić information content (AvgIpc) is 3.22. The van der Waals surface area contributed by atoms with Crippen molar-refractivity contribution in [3.8, 4) is 0 Å². The molecule has 3 fully saturated rings. The molecule has 4 heterocycles. The van der Waals surface area contributed by atoms with Crippen LogP contribution in [-0.4, -0.2) is 97.2 Å². The molecule has 0 N–H and O–H groups in total. The largest absolute Gasteiger partial charge is 0.380 e. The second-order valence-electron chi connectivity index (χ2n) is 7.97. The molecule has 4 aliphatic heterocycles. The van der Waals surface area contributed by atoms with E-state index in [0.29, 0.717) is 26.3 Å². The van der Waals surface area contributed by atoms with Crippen molar-refractivity contribution in [2.45, 2.75) is 32.0 Å². The van der Waals surface area contributed by atoms with Gasteiger partial charge in [0.05, 0.1) is 31.1 Å². The van der Waals surface area contributed by atoms with E-state index in [9.17, 15) is 9.59 Å². The summed E-state index contributed by atoms with van der Waals surface area (Å²) in [6.07, 6.45) is 4.74. The van der Waals surface area contributed by atoms with Crippen LogP contribution in [0.4, 0.5) is 0 Å². The van der Waals surface area contributed by atoms with Crippen molar-refractivity contribution in [1.29, 1.82) is 0 Å². The van der Waals surface area contributed by atoms with Gasteiger partial charge in [-0.2, -0.15) is 0 Å². The highest BCUT2D eigenvalue weighted by atomic mass is 16.5. The fraction of sp³-hybridized carbons (Fsp3) is 0.800. The molecule has 2 amide bonds. The maximum atomic E-state index is 13.4. The monoisotopic (exact) mass is 377 g/mol. The molecular formula is C20H31N3O4. The number of carbonyl (C=O) groups excluding carboxylic acids is 2. The first kappa shape index (κ1) is 18.9. The van der Waals surface area contributed by atoms with E-state index < -0.39 is 5.60 Å². The second kappa shape index (κ2) is 7.53. The number of likely N-dealkylation sites (N-methyl/N-ethyl adjacent to an activating group) is 1. The zero-order valence-corrected chi connectivity index (χ0v) is 16.4. The lowest BCUT2D eigenvalue weighted by atomic mass is 9.76. The van der Waals surface area contributed by atoms with E-state index >= 15 is 0 Å². The second-order valence-corrected chi connectivity index (χ2v) is 7.97. The van der Waals surface area contributed by atoms with Crippen molar-refractivity contribution in [2.24, 2.45) is 11.8 Å². The van der Waals surface area contributed by atoms with E-state index in [-0.39, 0.29) is 29.8 Å². The Bertz CT molecular complexity index is 624. The first-order valence-corrected chi connectivity index (χ1v) is 10.3. The van der Waals surface area contributed by atoms with Gasteiger partial charge < -0.3 is 24.2 Å². The van der Waals surface area contributed by atoms with E-state index in [2.05, 4.69) is 11.8 Å². The van der Waals surface area contributed by atoms with Crippen LogP contribution in [0.2, 0.25) is 0 Å². The molecule has 150 valence electrons. The predicted molar refractivity (Wildman–Crippen MR) is 100 cm³/mol. The molecule has 7 nitrogen and oxygen atoms in total. The van der Waals surface area contributed by atoms with Crippen LogP contribution >= 0.6 is 0 Å². The lowest BCUT2D eigenvalue weighted by molar-refractivity contribution is -0.143. The van der Waals surface area contributed by atoms with E-state index in [1.807, 2.05) is 28.9 Å². The molecule has 0 aromatic heterocycles. The third-order valence-electron chi connectivity index (χ3n) is 6.52. The van der Waals surface area contributed by atoms with Gasteiger partial charge in [0, 0.05) is 32.8 Å². The molecule has 0 radical (unpaired) electrons. The van der Waals surface area contributed by atoms with Crippen molar-refractivity contribution >= 4 is 11.8 Å². The lowest BCUT2D eigenvalue weighted by Gasteiger charge is -2.29. The van der Waals surface area contributed by atoms with Crippen molar-refractivity contribution in [3.05, 3.63) is 12.2 Å². The molecule has 27 heavy (non-hydrogen) atoms. The number of amides is 2. The van der Waals surface area contributed by atoms with Crippen LogP contribution in [0.3, 0.4) is 0 Å². The topological polar surface area (TPSA) is 62.3 Å². The molecule has 0 aromatic rings. The maximum Gasteiger partial charge on any atom is 0.230 e. The Balaban J connectivity index is 1.48. The zero-order valence-electron chi connectivity index (χ0n) is 16.4. The summed E-state index contributed by atoms with van der Waals surface area (Å²) >= 11 is 0. The molecule has 7 heteroatoms. The van der Waals surface area contributed by atoms with E-state index in [1.165, 1.54) is 0 Å². The van der Waals surface area contributed by atoms with Gasteiger partial charge in [0.15, 0.2) is 0 Å². The number of likely N-dealkylation sites (tertiary alicyclic amines) is 1. The minimum atomic E-state index is -0.615. The van der Waals surface area contributed by atoms with Gasteiger partial charge in [-0.05, 0) is 26.4 Å². The minimum Gasteiger partial charge on any atom is -0.380 e. The molecule has 1 spiro atoms. The first-order valence-electron chi connectivity index (χ1n) is 10.3. The highest BCUT2D eigenvalue weighted by Gasteiger charge is 2.67. The standard InChI is InChI=1S/C20H31N3O4/c1-3-21-8-5-9-22(11-10-21)18(24)16-15-6-7-20(27-15)14-23(12-13-26-4-2)19(25)17(16)20/h6-7,15-17H,3-5,8-14H2,1-2H3/t15-,16-,17-,20-/m0/s1. The Labute approximate surface area is 161 Å². The molecule has 4 rings (SSSR count). The number of ether oxygens (including phenoxy) is 2. The molecule has 0 saturated carbocycles. The van der Waals surface area contributed by atoms with Crippen molar-refractivity contribution in [2.75, 3.05) is 59.0 Å². The Morgan fingerprint density at radius 1 is 1.30 bits per heavy atom. The summed E-state index contributed by atoms with van der Waals surface area (Å²) in [5, 5.41) is 0. The lowest BCUT2D eigenvalue weighted by Crippen LogP contribution is -2.47. The van der Waals surface area contributed by atoms with Crippen molar-refractivity contribution < 1.29 is 19.1 Å². The third kappa shape index (κ3) is 3.19. The van der Waals surface area contributed by atoms with Crippen LogP contribution in [0.25, 0.3) is 0 Å². The van der Waals surface area contributed by atoms with Gasteiger partial charge in [0.2, 0.25) is 11.8 Å². The summed E-state index contributed by atoms with van der Waals surface area (Å²) in [5.41, 5.74) is -0.615. The van der Waals surface area contributed by atoms with Gasteiger partial charge in [-0.1, -0.05) is 19.1 Å². The Kier molecular flexibility index (Phi) is 5.27. The number of hydrogen-bond acceptors (Lipinski definition) is 5. The number of nitrogens with zero attached hydrogens (tertiary/aromatic N) is 3. The summed E-state index contributed by atoms with van der Waals surface area (Å²) < 4.78 is 11.6. The van der Waals surface area contributed by atoms with E-state index in [1.54, 1.807) is 0 Å². The highest BCUT2D eigenvalue weighted by Crippen LogP contribution is 2.52. The summed E-state index contributed by atoms with van der Waals surface area (Å²) in [5.74, 6) is -0.626. The van der Waals surface area contributed by atoms with Gasteiger partial charge in [-0.3, -0.25) is 9.59 Å². The predicted octanol–water partition coefficient (Wildman–Crippen LogP) is 0.359. The molecule has 0 aromatic carbocycles. The highest BCUT2D eigenvalue weighted by molar-refractivity contribution is 5.93. The number of rotatable bonds is 6. The molecule has 0 unspecified atom stereocenters. The number of fused-ring (bicyclic) bond motifs is 1. The molecule has 0 aliphatic carbocycles. The first-order chi connectivity index (χ1) is 13.1. The summed E-state index contributed by atoms with van der Waals surface area (Å²) in [4.78, 5) is 32.6. The van der Waals surface area contributed by atoms with Crippen LogP contribution in [0.5, 0.6) is 0 Å². The van der Waals surface area contributed by atoms with Crippen LogP contribution in [0.1, 0.15) is 20.3 Å². The summed E-state index contributed by atoms with van der Waals surface area (Å²) in [6.45, 7) is 10.8. The molecular weight excluding hydrogens is 346 g/mol. The Morgan fingerprint density at radius 3 is 2.93 bits per heavy atom. The SMILES string of the molecule is CCOCCN1C[C@]23C=C[C@H](O2)[C@H](C(=O)N2CCCN(CC)CC2)[C@H]3C1=O. The van der Waals surface area contributed by atoms with Crippen molar-refractivity contribution in [1.82, 2.24) is 14.7 Å². The maximum absolute atomic E-state index is 13.4. The summed E-state index contributed by atoms with van der Waals surface area (Å²) in [7, 11) is 0. The van der Waals surface area contributed by atoms with Crippen LogP contribution in [0, 0.1) is 11.8 Å². The van der Waals surface area contributed by atoms with Gasteiger partial charge in [-0.25, -0.2) is 0 Å². The van der Waals surface area contributed by atoms with Crippen molar-refractivity contribution in [3.63, 3.8) is 0 Å². The molecule has 4 atom stereocenters. The fourth-order valence-corrected chi connectivity index (χ4v) is 5.09. The fourth-order valence-electron chi connectivity index (χ4n) is 5.09. The van der Waals surface area contributed by atoms with Gasteiger partial charge in [-0.15, -0.1) is 0 Å². The quantitative estimate of drug-likeness (QED) is 0.494. The summed E-state index contributed by atoms with van der Waals surface area (Å²) in [6, 6.07) is 0. The van der Waals surface area contributed by atoms with E-state index in [0.717, 1.165) is 39.1 Å². The van der Waals surface area contributed by atoms with Crippen LogP contribution < -0.4 is 0 Å². The van der Waals surface area contributed by atoms with Gasteiger partial charge in [0.1, 0.15) is 5.60 Å². The number of carbonyl (C=O) groups is 2. The smallest absolute Gasteiger partial charge is 0.230 e. The Hall–Kier alpha value is -1.44. The van der Waals surface area contributed by atoms with Crippen LogP contribution in [-0.2, 0) is 19.1 Å². The number of hydrogen-bond donors (Lipinski definition) is 0. The van der Waals surface area contributed by atoms with E-state index in [4.69, 9.17) is 9.47 Å². The van der Waals surface area contributed by atoms with Gasteiger partial charge in [0.25, 0.3) is 0 Å². The normalized spacial score (nSPS) is 35.8. The zero-order chi connectivity index (χ0) is 19.0. The average molecular weight is 377 g/mol. The molecule has 3 saturated heterocycles. The third-order valence-corrected chi connectivity index (χ3v) is 6.52. The van der Waals surface area contributed by atoms with Gasteiger partial charge >= 0.3 is 0 Å².